The molecule has 2 fully saturated rings. The molecule has 2 saturated carbocycles. The van der Waals surface area contributed by atoms with Crippen LogP contribution in [-0.4, -0.2) is 28.0 Å². The second kappa shape index (κ2) is 8.11. The van der Waals surface area contributed by atoms with Crippen molar-refractivity contribution in [1.82, 2.24) is 10.1 Å². The minimum Gasteiger partial charge on any atom is -0.461 e. The van der Waals surface area contributed by atoms with Crippen molar-refractivity contribution in [3.05, 3.63) is 30.2 Å². The largest absolute Gasteiger partial charge is 0.461 e. The number of hydrogen-bond donors (Lipinski definition) is 0. The van der Waals surface area contributed by atoms with Gasteiger partial charge in [0.1, 0.15) is 0 Å². The van der Waals surface area contributed by atoms with Crippen LogP contribution in [0.3, 0.4) is 0 Å². The summed E-state index contributed by atoms with van der Waals surface area (Å²) in [6.45, 7) is 0. The third kappa shape index (κ3) is 3.71. The SMILES string of the molecule is O=C(c1cc(-c2ccco2)on1)N(C1CCCCCC1)C1CCCCC1. The number of rotatable bonds is 4. The molecule has 0 aliphatic heterocycles. The highest BCUT2D eigenvalue weighted by atomic mass is 16.5. The summed E-state index contributed by atoms with van der Waals surface area (Å²) in [5.74, 6) is 1.16. The van der Waals surface area contributed by atoms with Crippen molar-refractivity contribution in [2.24, 2.45) is 0 Å². The lowest BCUT2D eigenvalue weighted by atomic mass is 9.91. The lowest BCUT2D eigenvalue weighted by Crippen LogP contribution is -2.48. The second-order valence-corrected chi connectivity index (χ2v) is 7.70. The second-order valence-electron chi connectivity index (χ2n) is 7.70. The molecule has 5 nitrogen and oxygen atoms in total. The molecule has 2 aliphatic carbocycles. The maximum atomic E-state index is 13.4. The molecule has 0 saturated heterocycles. The molecular formula is C21H28N2O3. The summed E-state index contributed by atoms with van der Waals surface area (Å²) >= 11 is 0. The van der Waals surface area contributed by atoms with E-state index >= 15 is 0 Å². The average Bonchev–Trinajstić information content (AvgIpc) is 3.31. The summed E-state index contributed by atoms with van der Waals surface area (Å²) in [6.07, 6.45) is 14.8. The van der Waals surface area contributed by atoms with Crippen molar-refractivity contribution in [1.29, 1.82) is 0 Å². The molecule has 140 valence electrons. The van der Waals surface area contributed by atoms with E-state index in [1.165, 1.54) is 44.9 Å². The standard InChI is InChI=1S/C21H28N2O3/c24-21(18-15-20(26-22-18)19-13-8-14-25-19)23(17-11-6-3-7-12-17)16-9-4-1-2-5-10-16/h8,13-17H,1-7,9-12H2. The quantitative estimate of drug-likeness (QED) is 0.685. The number of carbonyl (C=O) groups is 1. The third-order valence-corrected chi connectivity index (χ3v) is 5.91. The van der Waals surface area contributed by atoms with Crippen LogP contribution in [0, 0.1) is 0 Å². The zero-order valence-electron chi connectivity index (χ0n) is 15.4. The molecule has 0 unspecified atom stereocenters. The van der Waals surface area contributed by atoms with Crippen LogP contribution >= 0.6 is 0 Å². The lowest BCUT2D eigenvalue weighted by Gasteiger charge is -2.39. The van der Waals surface area contributed by atoms with Crippen LogP contribution in [0.4, 0.5) is 0 Å². The van der Waals surface area contributed by atoms with Crippen LogP contribution in [0.5, 0.6) is 0 Å². The van der Waals surface area contributed by atoms with Gasteiger partial charge >= 0.3 is 0 Å². The van der Waals surface area contributed by atoms with Gasteiger partial charge < -0.3 is 13.8 Å². The first kappa shape index (κ1) is 17.4. The van der Waals surface area contributed by atoms with Gasteiger partial charge in [0, 0.05) is 18.2 Å². The molecule has 2 aromatic heterocycles. The summed E-state index contributed by atoms with van der Waals surface area (Å²) in [6, 6.07) is 6.05. The van der Waals surface area contributed by atoms with Gasteiger partial charge in [0.15, 0.2) is 11.5 Å². The van der Waals surface area contributed by atoms with Crippen molar-refractivity contribution >= 4 is 5.91 Å². The summed E-state index contributed by atoms with van der Waals surface area (Å²) in [4.78, 5) is 15.6. The van der Waals surface area contributed by atoms with Crippen molar-refractivity contribution < 1.29 is 13.7 Å². The van der Waals surface area contributed by atoms with Crippen LogP contribution in [0.1, 0.15) is 81.1 Å². The first-order chi connectivity index (χ1) is 12.8. The van der Waals surface area contributed by atoms with Gasteiger partial charge in [0.25, 0.3) is 5.91 Å². The normalized spacial score (nSPS) is 20.0. The Labute approximate surface area is 154 Å². The van der Waals surface area contributed by atoms with Crippen LogP contribution in [0.15, 0.2) is 33.4 Å². The Morgan fingerprint density at radius 2 is 1.54 bits per heavy atom. The molecule has 0 atom stereocenters. The van der Waals surface area contributed by atoms with Crippen molar-refractivity contribution in [3.63, 3.8) is 0 Å². The summed E-state index contributed by atoms with van der Waals surface area (Å²) in [5, 5.41) is 4.08. The van der Waals surface area contributed by atoms with E-state index in [-0.39, 0.29) is 5.91 Å². The Morgan fingerprint density at radius 3 is 2.12 bits per heavy atom. The monoisotopic (exact) mass is 356 g/mol. The first-order valence-corrected chi connectivity index (χ1v) is 10.2. The Kier molecular flexibility index (Phi) is 5.42. The molecule has 0 bridgehead atoms. The van der Waals surface area contributed by atoms with Crippen LogP contribution in [0.25, 0.3) is 11.5 Å². The molecule has 2 aliphatic rings. The fourth-order valence-electron chi connectivity index (χ4n) is 4.57. The zero-order chi connectivity index (χ0) is 17.8. The van der Waals surface area contributed by atoms with Crippen molar-refractivity contribution in [2.45, 2.75) is 82.7 Å². The number of carbonyl (C=O) groups excluding carboxylic acids is 1. The fraction of sp³-hybridized carbons (Fsp3) is 0.619. The van der Waals surface area contributed by atoms with Crippen LogP contribution in [-0.2, 0) is 0 Å². The molecular weight excluding hydrogens is 328 g/mol. The minimum atomic E-state index is 0.0327. The molecule has 4 rings (SSSR count). The highest BCUT2D eigenvalue weighted by Crippen LogP contribution is 2.31. The Balaban J connectivity index is 1.58. The molecule has 26 heavy (non-hydrogen) atoms. The Morgan fingerprint density at radius 1 is 0.923 bits per heavy atom. The van der Waals surface area contributed by atoms with Crippen molar-refractivity contribution in [3.8, 4) is 11.5 Å². The Hall–Kier alpha value is -2.04. The number of hydrogen-bond acceptors (Lipinski definition) is 4. The molecule has 2 heterocycles. The van der Waals surface area contributed by atoms with E-state index in [2.05, 4.69) is 10.1 Å². The molecule has 0 aromatic carbocycles. The fourth-order valence-corrected chi connectivity index (χ4v) is 4.57. The van der Waals surface area contributed by atoms with Gasteiger partial charge in [-0.3, -0.25) is 4.79 Å². The molecule has 0 radical (unpaired) electrons. The van der Waals surface area contributed by atoms with Gasteiger partial charge in [0.2, 0.25) is 5.76 Å². The third-order valence-electron chi connectivity index (χ3n) is 5.91. The average molecular weight is 356 g/mol. The lowest BCUT2D eigenvalue weighted by molar-refractivity contribution is 0.0475. The van der Waals surface area contributed by atoms with E-state index in [4.69, 9.17) is 8.94 Å². The van der Waals surface area contributed by atoms with Gasteiger partial charge in [-0.1, -0.05) is 50.1 Å². The van der Waals surface area contributed by atoms with E-state index in [0.29, 0.717) is 29.3 Å². The van der Waals surface area contributed by atoms with Crippen molar-refractivity contribution in [2.75, 3.05) is 0 Å². The molecule has 2 aromatic rings. The van der Waals surface area contributed by atoms with E-state index < -0.39 is 0 Å². The first-order valence-electron chi connectivity index (χ1n) is 10.2. The highest BCUT2D eigenvalue weighted by molar-refractivity contribution is 5.93. The summed E-state index contributed by atoms with van der Waals surface area (Å²) in [7, 11) is 0. The Bertz CT molecular complexity index is 693. The van der Waals surface area contributed by atoms with E-state index in [1.54, 1.807) is 18.4 Å². The topological polar surface area (TPSA) is 59.5 Å². The minimum absolute atomic E-state index is 0.0327. The maximum Gasteiger partial charge on any atom is 0.276 e. The molecule has 5 heteroatoms. The molecule has 1 amide bonds. The molecule has 0 spiro atoms. The summed E-state index contributed by atoms with van der Waals surface area (Å²) in [5.41, 5.74) is 0.409. The number of nitrogens with zero attached hydrogens (tertiary/aromatic N) is 2. The summed E-state index contributed by atoms with van der Waals surface area (Å²) < 4.78 is 10.8. The van der Waals surface area contributed by atoms with Crippen LogP contribution < -0.4 is 0 Å². The highest BCUT2D eigenvalue weighted by Gasteiger charge is 2.34. The maximum absolute atomic E-state index is 13.4. The number of amides is 1. The van der Waals surface area contributed by atoms with Crippen LogP contribution in [0.2, 0.25) is 0 Å². The van der Waals surface area contributed by atoms with E-state index in [0.717, 1.165) is 25.7 Å². The van der Waals surface area contributed by atoms with E-state index in [9.17, 15) is 4.79 Å². The van der Waals surface area contributed by atoms with Gasteiger partial charge in [-0.15, -0.1) is 0 Å². The number of aromatic nitrogens is 1. The van der Waals surface area contributed by atoms with Gasteiger partial charge in [-0.25, -0.2) is 0 Å². The predicted octanol–water partition coefficient (Wildman–Crippen LogP) is 5.43. The van der Waals surface area contributed by atoms with Gasteiger partial charge in [0.05, 0.1) is 6.26 Å². The van der Waals surface area contributed by atoms with Gasteiger partial charge in [-0.05, 0) is 37.8 Å². The predicted molar refractivity (Wildman–Crippen MR) is 98.7 cm³/mol. The smallest absolute Gasteiger partial charge is 0.276 e. The molecule has 0 N–H and O–H groups in total. The van der Waals surface area contributed by atoms with Gasteiger partial charge in [-0.2, -0.15) is 0 Å². The van der Waals surface area contributed by atoms with E-state index in [1.807, 2.05) is 6.07 Å². The number of furan rings is 1. The zero-order valence-corrected chi connectivity index (χ0v) is 15.4.